The Bertz CT molecular complexity index is 466. The lowest BCUT2D eigenvalue weighted by molar-refractivity contribution is 0.152. The standard InChI is InChI=1S/C15H24FN3O2/c1-5-21-9-8-18-15(17-2)19(3)11-12-6-7-14(20-4)13(16)10-12/h6-7,10H,5,8-9,11H2,1-4H3,(H,17,18). The number of aliphatic imine (C=N–C) groups is 1. The van der Waals surface area contributed by atoms with Crippen LogP contribution < -0.4 is 10.1 Å². The second-order valence-corrected chi connectivity index (χ2v) is 4.50. The second-order valence-electron chi connectivity index (χ2n) is 4.50. The van der Waals surface area contributed by atoms with Gasteiger partial charge in [-0.3, -0.25) is 4.99 Å². The second kappa shape index (κ2) is 9.18. The van der Waals surface area contributed by atoms with Gasteiger partial charge in [-0.1, -0.05) is 6.07 Å². The number of nitrogens with one attached hydrogen (secondary N) is 1. The molecule has 6 heteroatoms. The molecule has 0 unspecified atom stereocenters. The van der Waals surface area contributed by atoms with Crippen LogP contribution in [0.15, 0.2) is 23.2 Å². The molecule has 0 saturated heterocycles. The number of ether oxygens (including phenoxy) is 2. The fourth-order valence-corrected chi connectivity index (χ4v) is 1.92. The summed E-state index contributed by atoms with van der Waals surface area (Å²) in [4.78, 5) is 6.12. The van der Waals surface area contributed by atoms with E-state index in [1.54, 1.807) is 13.1 Å². The van der Waals surface area contributed by atoms with Gasteiger partial charge in [0.1, 0.15) is 0 Å². The number of guanidine groups is 1. The van der Waals surface area contributed by atoms with E-state index in [4.69, 9.17) is 9.47 Å². The van der Waals surface area contributed by atoms with E-state index in [9.17, 15) is 4.39 Å². The van der Waals surface area contributed by atoms with Gasteiger partial charge in [0.2, 0.25) is 0 Å². The van der Waals surface area contributed by atoms with E-state index in [1.165, 1.54) is 13.2 Å². The average Bonchev–Trinajstić information content (AvgIpc) is 2.47. The Morgan fingerprint density at radius 2 is 2.19 bits per heavy atom. The number of halogens is 1. The van der Waals surface area contributed by atoms with Crippen molar-refractivity contribution in [2.24, 2.45) is 4.99 Å². The van der Waals surface area contributed by atoms with Gasteiger partial charge in [-0.15, -0.1) is 0 Å². The quantitative estimate of drug-likeness (QED) is 0.474. The first-order chi connectivity index (χ1) is 10.1. The van der Waals surface area contributed by atoms with Crippen molar-refractivity contribution in [1.29, 1.82) is 0 Å². The molecule has 0 atom stereocenters. The highest BCUT2D eigenvalue weighted by Crippen LogP contribution is 2.18. The van der Waals surface area contributed by atoms with Crippen LogP contribution in [-0.4, -0.2) is 51.8 Å². The maximum Gasteiger partial charge on any atom is 0.193 e. The molecule has 0 radical (unpaired) electrons. The predicted molar refractivity (Wildman–Crippen MR) is 82.3 cm³/mol. The normalized spacial score (nSPS) is 11.4. The summed E-state index contributed by atoms with van der Waals surface area (Å²) < 4.78 is 23.8. The molecule has 0 spiro atoms. The summed E-state index contributed by atoms with van der Waals surface area (Å²) in [7, 11) is 5.07. The molecule has 0 heterocycles. The monoisotopic (exact) mass is 297 g/mol. The minimum Gasteiger partial charge on any atom is -0.494 e. The Morgan fingerprint density at radius 3 is 2.76 bits per heavy atom. The Kier molecular flexibility index (Phi) is 7.53. The number of methoxy groups -OCH3 is 1. The van der Waals surface area contributed by atoms with Crippen LogP contribution in [0.25, 0.3) is 0 Å². The fraction of sp³-hybridized carbons (Fsp3) is 0.533. The van der Waals surface area contributed by atoms with Crippen LogP contribution in [0.1, 0.15) is 12.5 Å². The minimum atomic E-state index is -0.359. The maximum absolute atomic E-state index is 13.7. The maximum atomic E-state index is 13.7. The van der Waals surface area contributed by atoms with Gasteiger partial charge in [-0.25, -0.2) is 4.39 Å². The first-order valence-corrected chi connectivity index (χ1v) is 6.94. The summed E-state index contributed by atoms with van der Waals surface area (Å²) in [6.45, 7) is 4.51. The molecule has 1 aromatic carbocycles. The summed E-state index contributed by atoms with van der Waals surface area (Å²) in [5.41, 5.74) is 0.851. The van der Waals surface area contributed by atoms with E-state index in [2.05, 4.69) is 10.3 Å². The van der Waals surface area contributed by atoms with Gasteiger partial charge in [-0.2, -0.15) is 0 Å². The van der Waals surface area contributed by atoms with E-state index >= 15 is 0 Å². The molecular formula is C15H24FN3O2. The van der Waals surface area contributed by atoms with Crippen molar-refractivity contribution < 1.29 is 13.9 Å². The highest BCUT2D eigenvalue weighted by atomic mass is 19.1. The smallest absolute Gasteiger partial charge is 0.193 e. The molecule has 5 nitrogen and oxygen atoms in total. The van der Waals surface area contributed by atoms with Gasteiger partial charge in [0.25, 0.3) is 0 Å². The van der Waals surface area contributed by atoms with Crippen molar-refractivity contribution in [2.75, 3.05) is 41.0 Å². The molecule has 1 N–H and O–H groups in total. The van der Waals surface area contributed by atoms with E-state index in [0.29, 0.717) is 26.3 Å². The molecule has 0 amide bonds. The molecule has 0 aliphatic carbocycles. The van der Waals surface area contributed by atoms with E-state index in [1.807, 2.05) is 24.9 Å². The van der Waals surface area contributed by atoms with E-state index < -0.39 is 0 Å². The van der Waals surface area contributed by atoms with Gasteiger partial charge < -0.3 is 19.7 Å². The highest BCUT2D eigenvalue weighted by Gasteiger charge is 2.09. The number of hydrogen-bond donors (Lipinski definition) is 1. The Labute approximate surface area is 125 Å². The number of hydrogen-bond acceptors (Lipinski definition) is 3. The zero-order valence-corrected chi connectivity index (χ0v) is 13.1. The minimum absolute atomic E-state index is 0.251. The van der Waals surface area contributed by atoms with Crippen LogP contribution in [0.3, 0.4) is 0 Å². The van der Waals surface area contributed by atoms with Crippen LogP contribution in [0, 0.1) is 5.82 Å². The molecule has 21 heavy (non-hydrogen) atoms. The average molecular weight is 297 g/mol. The van der Waals surface area contributed by atoms with Crippen molar-refractivity contribution in [3.63, 3.8) is 0 Å². The van der Waals surface area contributed by atoms with Crippen LogP contribution in [-0.2, 0) is 11.3 Å². The fourth-order valence-electron chi connectivity index (χ4n) is 1.92. The summed E-state index contributed by atoms with van der Waals surface area (Å²) in [5.74, 6) is 0.634. The SMILES string of the molecule is CCOCCNC(=NC)N(C)Cc1ccc(OC)c(F)c1. The van der Waals surface area contributed by atoms with Crippen LogP contribution >= 0.6 is 0 Å². The van der Waals surface area contributed by atoms with Crippen LogP contribution in [0.4, 0.5) is 4.39 Å². The summed E-state index contributed by atoms with van der Waals surface area (Å²) >= 11 is 0. The van der Waals surface area contributed by atoms with E-state index in [-0.39, 0.29) is 11.6 Å². The molecule has 0 aliphatic rings. The van der Waals surface area contributed by atoms with Gasteiger partial charge in [0.05, 0.1) is 13.7 Å². The largest absolute Gasteiger partial charge is 0.494 e. The first-order valence-electron chi connectivity index (χ1n) is 6.94. The summed E-state index contributed by atoms with van der Waals surface area (Å²) in [6, 6.07) is 4.94. The van der Waals surface area contributed by atoms with Crippen molar-refractivity contribution in [3.05, 3.63) is 29.6 Å². The zero-order chi connectivity index (χ0) is 15.7. The van der Waals surface area contributed by atoms with Gasteiger partial charge in [-0.05, 0) is 24.6 Å². The molecule has 118 valence electrons. The highest BCUT2D eigenvalue weighted by molar-refractivity contribution is 5.79. The van der Waals surface area contributed by atoms with Gasteiger partial charge in [0, 0.05) is 33.8 Å². The number of nitrogens with zero attached hydrogens (tertiary/aromatic N) is 2. The van der Waals surface area contributed by atoms with Crippen LogP contribution in [0.2, 0.25) is 0 Å². The van der Waals surface area contributed by atoms with Gasteiger partial charge in [0.15, 0.2) is 17.5 Å². The molecule has 0 saturated carbocycles. The zero-order valence-electron chi connectivity index (χ0n) is 13.1. The van der Waals surface area contributed by atoms with Crippen molar-refractivity contribution in [1.82, 2.24) is 10.2 Å². The van der Waals surface area contributed by atoms with Crippen LogP contribution in [0.5, 0.6) is 5.75 Å². The van der Waals surface area contributed by atoms with Crippen molar-refractivity contribution in [3.8, 4) is 5.75 Å². The topological polar surface area (TPSA) is 46.1 Å². The number of rotatable bonds is 7. The lowest BCUT2D eigenvalue weighted by Crippen LogP contribution is -2.39. The Morgan fingerprint density at radius 1 is 1.43 bits per heavy atom. The molecule has 1 aromatic rings. The Hall–Kier alpha value is -1.82. The third-order valence-corrected chi connectivity index (χ3v) is 2.94. The molecule has 0 aromatic heterocycles. The first kappa shape index (κ1) is 17.2. The number of benzene rings is 1. The third-order valence-electron chi connectivity index (χ3n) is 2.94. The van der Waals surface area contributed by atoms with E-state index in [0.717, 1.165) is 11.5 Å². The molecule has 0 fully saturated rings. The predicted octanol–water partition coefficient (Wildman–Crippen LogP) is 1.88. The van der Waals surface area contributed by atoms with Crippen molar-refractivity contribution >= 4 is 5.96 Å². The Balaban J connectivity index is 2.57. The summed E-state index contributed by atoms with van der Waals surface area (Å²) in [5, 5.41) is 3.19. The van der Waals surface area contributed by atoms with Gasteiger partial charge >= 0.3 is 0 Å². The molecule has 0 aliphatic heterocycles. The third kappa shape index (κ3) is 5.59. The lowest BCUT2D eigenvalue weighted by atomic mass is 10.2. The molecular weight excluding hydrogens is 273 g/mol. The molecule has 1 rings (SSSR count). The lowest BCUT2D eigenvalue weighted by Gasteiger charge is -2.22. The summed E-state index contributed by atoms with van der Waals surface area (Å²) in [6.07, 6.45) is 0. The van der Waals surface area contributed by atoms with Crippen molar-refractivity contribution in [2.45, 2.75) is 13.5 Å². The molecule has 0 bridgehead atoms.